The molecule has 2 N–H and O–H groups in total. The summed E-state index contributed by atoms with van der Waals surface area (Å²) in [6, 6.07) is 15.7. The number of ether oxygens (including phenoxy) is 1. The topological polar surface area (TPSA) is 53.6 Å². The quantitative estimate of drug-likeness (QED) is 0.892. The van der Waals surface area contributed by atoms with E-state index in [0.29, 0.717) is 6.61 Å². The number of hydrogen-bond donors (Lipinski definition) is 2. The Kier molecular flexibility index (Phi) is 4.46. The van der Waals surface area contributed by atoms with Gasteiger partial charge in [0.25, 0.3) is 0 Å². The average molecular weight is 337 g/mol. The molecule has 2 aromatic rings. The molecule has 1 unspecified atom stereocenters. The standard InChI is InChI=1S/C20H23N3O2/c24-20(22-18-11-14-25-19-6-2-1-5-17(18)19)21-15-7-9-16(10-8-15)23-12-3-4-13-23/h1-2,5-10,18H,3-4,11-14H2,(H2,21,22,24). The molecule has 0 bridgehead atoms. The van der Waals surface area contributed by atoms with E-state index in [9.17, 15) is 4.79 Å². The predicted octanol–water partition coefficient (Wildman–Crippen LogP) is 3.93. The van der Waals surface area contributed by atoms with Crippen molar-refractivity contribution in [2.45, 2.75) is 25.3 Å². The molecule has 0 saturated carbocycles. The van der Waals surface area contributed by atoms with Gasteiger partial charge in [0.15, 0.2) is 0 Å². The van der Waals surface area contributed by atoms with Gasteiger partial charge in [0.05, 0.1) is 12.6 Å². The molecule has 5 heteroatoms. The lowest BCUT2D eigenvalue weighted by Crippen LogP contribution is -2.35. The van der Waals surface area contributed by atoms with Crippen molar-refractivity contribution in [3.05, 3.63) is 54.1 Å². The summed E-state index contributed by atoms with van der Waals surface area (Å²) in [5.74, 6) is 0.856. The highest BCUT2D eigenvalue weighted by Gasteiger charge is 2.22. The Bertz CT molecular complexity index is 739. The van der Waals surface area contributed by atoms with Gasteiger partial charge in [0.2, 0.25) is 0 Å². The van der Waals surface area contributed by atoms with Crippen LogP contribution in [0.4, 0.5) is 16.2 Å². The largest absolute Gasteiger partial charge is 0.493 e. The first-order valence-electron chi connectivity index (χ1n) is 8.94. The lowest BCUT2D eigenvalue weighted by Gasteiger charge is -2.26. The fourth-order valence-corrected chi connectivity index (χ4v) is 3.55. The normalized spacial score (nSPS) is 19.0. The molecule has 2 aromatic carbocycles. The molecule has 4 rings (SSSR count). The molecule has 1 atom stereocenters. The summed E-state index contributed by atoms with van der Waals surface area (Å²) in [5, 5.41) is 5.98. The van der Waals surface area contributed by atoms with Crippen LogP contribution in [0.5, 0.6) is 5.75 Å². The van der Waals surface area contributed by atoms with Crippen LogP contribution < -0.4 is 20.3 Å². The molecule has 130 valence electrons. The van der Waals surface area contributed by atoms with Crippen molar-refractivity contribution < 1.29 is 9.53 Å². The second kappa shape index (κ2) is 7.05. The second-order valence-corrected chi connectivity index (χ2v) is 6.57. The van der Waals surface area contributed by atoms with Gasteiger partial charge in [-0.25, -0.2) is 4.79 Å². The molecule has 0 spiro atoms. The Morgan fingerprint density at radius 3 is 2.60 bits per heavy atom. The number of carbonyl (C=O) groups is 1. The third-order valence-corrected chi connectivity index (χ3v) is 4.86. The van der Waals surface area contributed by atoms with Crippen LogP contribution in [0.3, 0.4) is 0 Å². The average Bonchev–Trinajstić information content (AvgIpc) is 3.17. The number of rotatable bonds is 3. The van der Waals surface area contributed by atoms with E-state index in [0.717, 1.165) is 36.5 Å². The maximum atomic E-state index is 12.4. The van der Waals surface area contributed by atoms with Gasteiger partial charge in [0, 0.05) is 36.4 Å². The molecule has 2 aliphatic rings. The molecule has 2 heterocycles. The van der Waals surface area contributed by atoms with Crippen LogP contribution in [0.1, 0.15) is 30.9 Å². The monoisotopic (exact) mass is 337 g/mol. The molecule has 25 heavy (non-hydrogen) atoms. The molecule has 1 fully saturated rings. The number of nitrogens with zero attached hydrogens (tertiary/aromatic N) is 1. The van der Waals surface area contributed by atoms with Gasteiger partial charge in [-0.3, -0.25) is 0 Å². The summed E-state index contributed by atoms with van der Waals surface area (Å²) in [5.41, 5.74) is 3.07. The van der Waals surface area contributed by atoms with Crippen molar-refractivity contribution in [1.82, 2.24) is 5.32 Å². The minimum Gasteiger partial charge on any atom is -0.493 e. The predicted molar refractivity (Wildman–Crippen MR) is 99.3 cm³/mol. The highest BCUT2D eigenvalue weighted by atomic mass is 16.5. The molecular weight excluding hydrogens is 314 g/mol. The van der Waals surface area contributed by atoms with E-state index in [4.69, 9.17) is 4.74 Å². The first kappa shape index (κ1) is 15.8. The molecule has 1 saturated heterocycles. The van der Waals surface area contributed by atoms with Gasteiger partial charge >= 0.3 is 6.03 Å². The van der Waals surface area contributed by atoms with Crippen molar-refractivity contribution in [3.8, 4) is 5.75 Å². The smallest absolute Gasteiger partial charge is 0.319 e. The number of benzene rings is 2. The Balaban J connectivity index is 1.38. The Morgan fingerprint density at radius 2 is 1.80 bits per heavy atom. The zero-order chi connectivity index (χ0) is 17.1. The van der Waals surface area contributed by atoms with Gasteiger partial charge in [-0.05, 0) is 43.2 Å². The Morgan fingerprint density at radius 1 is 1.04 bits per heavy atom. The van der Waals surface area contributed by atoms with E-state index in [1.807, 2.05) is 36.4 Å². The van der Waals surface area contributed by atoms with Gasteiger partial charge in [-0.2, -0.15) is 0 Å². The highest BCUT2D eigenvalue weighted by molar-refractivity contribution is 5.89. The molecule has 0 aromatic heterocycles. The number of anilines is 2. The summed E-state index contributed by atoms with van der Waals surface area (Å²) in [6.07, 6.45) is 3.29. The van der Waals surface area contributed by atoms with Gasteiger partial charge in [0.1, 0.15) is 5.75 Å². The Hall–Kier alpha value is -2.69. The van der Waals surface area contributed by atoms with Crippen molar-refractivity contribution in [2.75, 3.05) is 29.9 Å². The molecular formula is C20H23N3O2. The summed E-state index contributed by atoms with van der Waals surface area (Å²) < 4.78 is 5.64. The van der Waals surface area contributed by atoms with Crippen LogP contribution >= 0.6 is 0 Å². The summed E-state index contributed by atoms with van der Waals surface area (Å²) in [4.78, 5) is 14.7. The van der Waals surface area contributed by atoms with E-state index in [1.165, 1.54) is 18.5 Å². The van der Waals surface area contributed by atoms with E-state index in [-0.39, 0.29) is 12.1 Å². The van der Waals surface area contributed by atoms with Crippen LogP contribution in [-0.2, 0) is 0 Å². The molecule has 2 amide bonds. The van der Waals surface area contributed by atoms with Crippen LogP contribution in [0.15, 0.2) is 48.5 Å². The minimum absolute atomic E-state index is 0.0196. The lowest BCUT2D eigenvalue weighted by molar-refractivity contribution is 0.232. The molecule has 5 nitrogen and oxygen atoms in total. The van der Waals surface area contributed by atoms with Crippen LogP contribution in [-0.4, -0.2) is 25.7 Å². The Labute approximate surface area is 148 Å². The summed E-state index contributed by atoms with van der Waals surface area (Å²) in [6.45, 7) is 2.86. The lowest BCUT2D eigenvalue weighted by atomic mass is 10.0. The third-order valence-electron chi connectivity index (χ3n) is 4.86. The number of hydrogen-bond acceptors (Lipinski definition) is 3. The van der Waals surface area contributed by atoms with Crippen LogP contribution in [0.25, 0.3) is 0 Å². The highest BCUT2D eigenvalue weighted by Crippen LogP contribution is 2.31. The fraction of sp³-hybridized carbons (Fsp3) is 0.350. The van der Waals surface area contributed by atoms with Crippen LogP contribution in [0.2, 0.25) is 0 Å². The van der Waals surface area contributed by atoms with E-state index in [1.54, 1.807) is 0 Å². The van der Waals surface area contributed by atoms with Crippen molar-refractivity contribution in [1.29, 1.82) is 0 Å². The van der Waals surface area contributed by atoms with E-state index in [2.05, 4.69) is 27.7 Å². The van der Waals surface area contributed by atoms with Crippen LogP contribution in [0, 0.1) is 0 Å². The van der Waals surface area contributed by atoms with Gasteiger partial charge in [-0.15, -0.1) is 0 Å². The fourth-order valence-electron chi connectivity index (χ4n) is 3.55. The van der Waals surface area contributed by atoms with Crippen molar-refractivity contribution in [3.63, 3.8) is 0 Å². The zero-order valence-corrected chi connectivity index (χ0v) is 14.2. The number of para-hydroxylation sites is 1. The molecule has 0 radical (unpaired) electrons. The maximum Gasteiger partial charge on any atom is 0.319 e. The number of nitrogens with one attached hydrogen (secondary N) is 2. The minimum atomic E-state index is -0.185. The first-order valence-corrected chi connectivity index (χ1v) is 8.94. The summed E-state index contributed by atoms with van der Waals surface area (Å²) >= 11 is 0. The molecule has 2 aliphatic heterocycles. The van der Waals surface area contributed by atoms with Crippen molar-refractivity contribution >= 4 is 17.4 Å². The number of amides is 2. The third kappa shape index (κ3) is 3.55. The number of urea groups is 1. The maximum absolute atomic E-state index is 12.4. The SMILES string of the molecule is O=C(Nc1ccc(N2CCCC2)cc1)NC1CCOc2ccccc21. The van der Waals surface area contributed by atoms with Gasteiger partial charge < -0.3 is 20.3 Å². The first-order chi connectivity index (χ1) is 12.3. The van der Waals surface area contributed by atoms with Crippen molar-refractivity contribution in [2.24, 2.45) is 0 Å². The zero-order valence-electron chi connectivity index (χ0n) is 14.2. The van der Waals surface area contributed by atoms with Gasteiger partial charge in [-0.1, -0.05) is 18.2 Å². The second-order valence-electron chi connectivity index (χ2n) is 6.57. The van der Waals surface area contributed by atoms with E-state index >= 15 is 0 Å². The summed E-state index contributed by atoms with van der Waals surface area (Å²) in [7, 11) is 0. The number of carbonyl (C=O) groups excluding carboxylic acids is 1. The molecule has 0 aliphatic carbocycles. The van der Waals surface area contributed by atoms with E-state index < -0.39 is 0 Å². The number of fused-ring (bicyclic) bond motifs is 1.